The molecule has 0 amide bonds. The Kier molecular flexibility index (Phi) is 3.28. The summed E-state index contributed by atoms with van der Waals surface area (Å²) in [6, 6.07) is 17.1. The van der Waals surface area contributed by atoms with Crippen LogP contribution in [0.1, 0.15) is 10.4 Å². The van der Waals surface area contributed by atoms with Crippen molar-refractivity contribution in [1.29, 1.82) is 0 Å². The lowest BCUT2D eigenvalue weighted by Crippen LogP contribution is -2.10. The molecule has 4 aromatic rings. The van der Waals surface area contributed by atoms with Crippen molar-refractivity contribution in [2.45, 2.75) is 0 Å². The first-order valence-corrected chi connectivity index (χ1v) is 7.59. The summed E-state index contributed by atoms with van der Waals surface area (Å²) in [7, 11) is 0. The Hall–Kier alpha value is -3.60. The molecule has 0 heterocycles. The second-order valence-corrected chi connectivity index (χ2v) is 5.59. The van der Waals surface area contributed by atoms with Gasteiger partial charge in [0.15, 0.2) is 16.9 Å². The Labute approximate surface area is 142 Å². The van der Waals surface area contributed by atoms with Crippen molar-refractivity contribution in [3.05, 3.63) is 76.5 Å². The van der Waals surface area contributed by atoms with Gasteiger partial charge in [-0.05, 0) is 17.7 Å². The van der Waals surface area contributed by atoms with Gasteiger partial charge >= 0.3 is 5.97 Å². The normalized spacial score (nSPS) is 11.0. The van der Waals surface area contributed by atoms with Crippen molar-refractivity contribution in [3.63, 3.8) is 0 Å². The van der Waals surface area contributed by atoms with Crippen LogP contribution in [0.5, 0.6) is 17.2 Å². The zero-order valence-electron chi connectivity index (χ0n) is 12.9. The minimum absolute atomic E-state index is 0.0487. The minimum Gasteiger partial charge on any atom is -0.504 e. The summed E-state index contributed by atoms with van der Waals surface area (Å²) in [6.45, 7) is 0. The molecule has 25 heavy (non-hydrogen) atoms. The highest BCUT2D eigenvalue weighted by Crippen LogP contribution is 2.46. The summed E-state index contributed by atoms with van der Waals surface area (Å²) >= 11 is 0. The zero-order valence-corrected chi connectivity index (χ0v) is 12.9. The Bertz CT molecular complexity index is 1100. The lowest BCUT2D eigenvalue weighted by molar-refractivity contribution is 0.0732. The van der Waals surface area contributed by atoms with E-state index in [1.54, 1.807) is 60.7 Å². The number of hydrogen-bond donors (Lipinski definition) is 2. The van der Waals surface area contributed by atoms with E-state index in [1.807, 2.05) is 0 Å². The van der Waals surface area contributed by atoms with E-state index in [1.165, 1.54) is 0 Å². The lowest BCUT2D eigenvalue weighted by Gasteiger charge is -2.11. The van der Waals surface area contributed by atoms with Crippen LogP contribution in [0.3, 0.4) is 0 Å². The number of aromatic hydroxyl groups is 2. The molecule has 0 unspecified atom stereocenters. The lowest BCUT2D eigenvalue weighted by atomic mass is 9.98. The van der Waals surface area contributed by atoms with Crippen LogP contribution in [0.4, 0.5) is 0 Å². The number of carbonyl (C=O) groups excluding carboxylic acids is 1. The van der Waals surface area contributed by atoms with Gasteiger partial charge in [-0.3, -0.25) is 4.79 Å². The molecule has 0 saturated carbocycles. The highest BCUT2D eigenvalue weighted by molar-refractivity contribution is 6.19. The van der Waals surface area contributed by atoms with Crippen LogP contribution in [-0.2, 0) is 0 Å². The van der Waals surface area contributed by atoms with E-state index in [4.69, 9.17) is 4.74 Å². The highest BCUT2D eigenvalue weighted by atomic mass is 16.5. The summed E-state index contributed by atoms with van der Waals surface area (Å²) in [4.78, 5) is 24.7. The van der Waals surface area contributed by atoms with Crippen LogP contribution in [0.15, 0.2) is 65.5 Å². The Morgan fingerprint density at radius 1 is 0.800 bits per heavy atom. The van der Waals surface area contributed by atoms with Gasteiger partial charge in [0.2, 0.25) is 0 Å². The quantitative estimate of drug-likeness (QED) is 0.341. The van der Waals surface area contributed by atoms with Gasteiger partial charge in [0.1, 0.15) is 11.3 Å². The van der Waals surface area contributed by atoms with Gasteiger partial charge in [-0.15, -0.1) is 0 Å². The first kappa shape index (κ1) is 15.0. The molecule has 0 bridgehead atoms. The molecule has 0 aliphatic rings. The van der Waals surface area contributed by atoms with Gasteiger partial charge in [0, 0.05) is 10.9 Å². The van der Waals surface area contributed by atoms with Gasteiger partial charge in [-0.25, -0.2) is 4.79 Å². The van der Waals surface area contributed by atoms with Gasteiger partial charge in [-0.1, -0.05) is 48.5 Å². The van der Waals surface area contributed by atoms with Crippen molar-refractivity contribution in [2.75, 3.05) is 0 Å². The first-order chi connectivity index (χ1) is 12.1. The molecule has 4 aromatic carbocycles. The van der Waals surface area contributed by atoms with Crippen LogP contribution in [0.2, 0.25) is 0 Å². The van der Waals surface area contributed by atoms with Crippen molar-refractivity contribution < 1.29 is 19.7 Å². The molecule has 5 heteroatoms. The molecule has 4 rings (SSSR count). The van der Waals surface area contributed by atoms with E-state index < -0.39 is 17.5 Å². The topological polar surface area (TPSA) is 83.8 Å². The Morgan fingerprint density at radius 2 is 1.40 bits per heavy atom. The number of benzene rings is 3. The number of phenolic OH excluding ortho intramolecular Hbond substituents is 2. The first-order valence-electron chi connectivity index (χ1n) is 7.59. The van der Waals surface area contributed by atoms with Crippen molar-refractivity contribution >= 4 is 16.7 Å². The third-order valence-corrected chi connectivity index (χ3v) is 4.06. The highest BCUT2D eigenvalue weighted by Gasteiger charge is 2.33. The summed E-state index contributed by atoms with van der Waals surface area (Å²) in [6.07, 6.45) is 0. The van der Waals surface area contributed by atoms with Crippen LogP contribution >= 0.6 is 0 Å². The molecule has 0 aliphatic carbocycles. The third-order valence-electron chi connectivity index (χ3n) is 4.06. The molecule has 2 N–H and O–H groups in total. The maximum atomic E-state index is 12.7. The fraction of sp³-hybridized carbons (Fsp3) is 0. The summed E-state index contributed by atoms with van der Waals surface area (Å²) in [5.41, 5.74) is 0.249. The number of para-hydroxylation sites is 1. The largest absolute Gasteiger partial charge is 0.504 e. The number of fused-ring (bicyclic) bond motifs is 1. The van der Waals surface area contributed by atoms with Gasteiger partial charge < -0.3 is 14.9 Å². The molecular formula is C20H12O5. The van der Waals surface area contributed by atoms with Crippen LogP contribution in [0.25, 0.3) is 21.9 Å². The number of ether oxygens (including phenoxy) is 1. The summed E-state index contributed by atoms with van der Waals surface area (Å²) in [5.74, 6) is -1.79. The van der Waals surface area contributed by atoms with Crippen molar-refractivity contribution in [3.8, 4) is 28.4 Å². The van der Waals surface area contributed by atoms with E-state index in [9.17, 15) is 19.8 Å². The molecule has 0 radical (unpaired) electrons. The van der Waals surface area contributed by atoms with E-state index in [0.29, 0.717) is 11.3 Å². The van der Waals surface area contributed by atoms with Crippen molar-refractivity contribution in [1.82, 2.24) is 0 Å². The Balaban J connectivity index is 1.92. The smallest absolute Gasteiger partial charge is 0.348 e. The van der Waals surface area contributed by atoms with E-state index in [-0.39, 0.29) is 27.3 Å². The van der Waals surface area contributed by atoms with Crippen LogP contribution in [0, 0.1) is 0 Å². The molecule has 0 spiro atoms. The van der Waals surface area contributed by atoms with Crippen molar-refractivity contribution in [2.24, 2.45) is 0 Å². The molecular weight excluding hydrogens is 320 g/mol. The molecule has 0 aliphatic heterocycles. The third kappa shape index (κ3) is 2.33. The SMILES string of the molecule is O=C(Oc1ccccc1)c1c(O)c(O)c2c(=O)c2c1-c1ccccc1. The van der Waals surface area contributed by atoms with Crippen LogP contribution < -0.4 is 10.2 Å². The zero-order chi connectivity index (χ0) is 17.6. The number of carbonyl (C=O) groups is 1. The van der Waals surface area contributed by atoms with E-state index in [2.05, 4.69) is 0 Å². The summed E-state index contributed by atoms with van der Waals surface area (Å²) < 4.78 is 5.29. The number of rotatable bonds is 3. The molecule has 0 saturated heterocycles. The maximum absolute atomic E-state index is 12.7. The summed E-state index contributed by atoms with van der Waals surface area (Å²) in [5, 5.41) is 20.6. The minimum atomic E-state index is -0.847. The van der Waals surface area contributed by atoms with Gasteiger partial charge in [-0.2, -0.15) is 0 Å². The molecule has 0 aromatic heterocycles. The second kappa shape index (κ2) is 5.49. The average molecular weight is 332 g/mol. The van der Waals surface area contributed by atoms with E-state index in [0.717, 1.165) is 0 Å². The van der Waals surface area contributed by atoms with Gasteiger partial charge in [0.05, 0.1) is 5.39 Å². The monoisotopic (exact) mass is 332 g/mol. The van der Waals surface area contributed by atoms with E-state index >= 15 is 0 Å². The predicted octanol–water partition coefficient (Wildman–Crippen LogP) is 3.37. The average Bonchev–Trinajstić information content (AvgIpc) is 3.30. The fourth-order valence-corrected chi connectivity index (χ4v) is 2.85. The molecule has 5 nitrogen and oxygen atoms in total. The standard InChI is InChI=1S/C20H12O5/c21-17-14-13(11-7-3-1-4-8-11)16(19(23)18(22)15(14)17)20(24)25-12-9-5-2-6-10-12/h1-10,22-23H. The molecule has 122 valence electrons. The van der Waals surface area contributed by atoms with Crippen LogP contribution in [-0.4, -0.2) is 16.2 Å². The molecule has 0 atom stereocenters. The Morgan fingerprint density at radius 3 is 2.04 bits per heavy atom. The second-order valence-electron chi connectivity index (χ2n) is 5.59. The maximum Gasteiger partial charge on any atom is 0.348 e. The van der Waals surface area contributed by atoms with Gasteiger partial charge in [0.25, 0.3) is 0 Å². The fourth-order valence-electron chi connectivity index (χ4n) is 2.85. The number of hydrogen-bond acceptors (Lipinski definition) is 5. The predicted molar refractivity (Wildman–Crippen MR) is 92.8 cm³/mol. The number of esters is 1. The molecule has 0 fully saturated rings. The number of phenols is 2.